The number of nitrogens with zero attached hydrogens (tertiary/aromatic N) is 2. The molecular weight excluding hydrogens is 344 g/mol. The SMILES string of the molecule is Cc1ccccc1OCC(O)CNC(C)CCNCc1ccc(NN)nn1. The molecule has 8 heteroatoms. The van der Waals surface area contributed by atoms with Gasteiger partial charge in [0.1, 0.15) is 18.5 Å². The number of hydrogen-bond acceptors (Lipinski definition) is 8. The summed E-state index contributed by atoms with van der Waals surface area (Å²) in [4.78, 5) is 0. The molecule has 0 saturated carbocycles. The predicted octanol–water partition coefficient (Wildman–Crippen LogP) is 0.968. The number of nitrogens with one attached hydrogen (secondary N) is 3. The van der Waals surface area contributed by atoms with Crippen molar-refractivity contribution in [2.24, 2.45) is 5.84 Å². The number of aliphatic hydroxyl groups is 1. The third kappa shape index (κ3) is 7.88. The van der Waals surface area contributed by atoms with E-state index in [1.807, 2.05) is 37.3 Å². The average molecular weight is 374 g/mol. The summed E-state index contributed by atoms with van der Waals surface area (Å²) in [6, 6.07) is 11.7. The van der Waals surface area contributed by atoms with Gasteiger partial charge in [0, 0.05) is 19.1 Å². The maximum absolute atomic E-state index is 10.1. The Labute approximate surface area is 160 Å². The highest BCUT2D eigenvalue weighted by atomic mass is 16.5. The number of anilines is 1. The van der Waals surface area contributed by atoms with Crippen LogP contribution in [0.3, 0.4) is 0 Å². The second-order valence-electron chi connectivity index (χ2n) is 6.56. The number of ether oxygens (including phenoxy) is 1. The number of rotatable bonds is 12. The van der Waals surface area contributed by atoms with Gasteiger partial charge in [-0.15, -0.1) is 5.10 Å². The fourth-order valence-corrected chi connectivity index (χ4v) is 2.47. The van der Waals surface area contributed by atoms with Crippen LogP contribution in [0.2, 0.25) is 0 Å². The fourth-order valence-electron chi connectivity index (χ4n) is 2.47. The van der Waals surface area contributed by atoms with Gasteiger partial charge in [-0.25, -0.2) is 5.84 Å². The second kappa shape index (κ2) is 11.5. The molecule has 0 aliphatic carbocycles. The normalized spacial score (nSPS) is 13.2. The van der Waals surface area contributed by atoms with E-state index in [0.717, 1.165) is 30.0 Å². The van der Waals surface area contributed by atoms with Gasteiger partial charge in [-0.1, -0.05) is 18.2 Å². The number of nitrogen functional groups attached to an aromatic ring is 1. The van der Waals surface area contributed by atoms with Crippen LogP contribution in [0, 0.1) is 6.92 Å². The third-order valence-corrected chi connectivity index (χ3v) is 4.15. The van der Waals surface area contributed by atoms with Gasteiger partial charge in [0.25, 0.3) is 0 Å². The molecule has 0 aliphatic rings. The number of aromatic nitrogens is 2. The average Bonchev–Trinajstić information content (AvgIpc) is 2.69. The van der Waals surface area contributed by atoms with Crippen LogP contribution in [0.1, 0.15) is 24.6 Å². The quantitative estimate of drug-likeness (QED) is 0.212. The molecule has 1 heterocycles. The predicted molar refractivity (Wildman–Crippen MR) is 106 cm³/mol. The Morgan fingerprint density at radius 3 is 2.70 bits per heavy atom. The summed E-state index contributed by atoms with van der Waals surface area (Å²) < 4.78 is 5.67. The van der Waals surface area contributed by atoms with E-state index >= 15 is 0 Å². The maximum atomic E-state index is 10.1. The van der Waals surface area contributed by atoms with E-state index in [1.54, 1.807) is 6.07 Å². The van der Waals surface area contributed by atoms with Gasteiger partial charge in [0.05, 0.1) is 5.69 Å². The van der Waals surface area contributed by atoms with E-state index < -0.39 is 6.10 Å². The molecule has 0 spiro atoms. The lowest BCUT2D eigenvalue weighted by Gasteiger charge is -2.18. The number of nitrogens with two attached hydrogens (primary N) is 1. The lowest BCUT2D eigenvalue weighted by atomic mass is 10.2. The topological polar surface area (TPSA) is 117 Å². The lowest BCUT2D eigenvalue weighted by Crippen LogP contribution is -2.38. The highest BCUT2D eigenvalue weighted by Crippen LogP contribution is 2.16. The van der Waals surface area contributed by atoms with Crippen molar-refractivity contribution in [1.82, 2.24) is 20.8 Å². The summed E-state index contributed by atoms with van der Waals surface area (Å²) in [6.45, 7) is 6.34. The lowest BCUT2D eigenvalue weighted by molar-refractivity contribution is 0.103. The van der Waals surface area contributed by atoms with Crippen molar-refractivity contribution in [2.75, 3.05) is 25.1 Å². The van der Waals surface area contributed by atoms with E-state index in [2.05, 4.69) is 33.2 Å². The molecule has 0 saturated heterocycles. The van der Waals surface area contributed by atoms with Crippen LogP contribution in [0.15, 0.2) is 36.4 Å². The third-order valence-electron chi connectivity index (χ3n) is 4.15. The number of para-hydroxylation sites is 1. The van der Waals surface area contributed by atoms with E-state index in [9.17, 15) is 5.11 Å². The zero-order valence-corrected chi connectivity index (χ0v) is 16.0. The number of hydrazine groups is 1. The molecule has 2 rings (SSSR count). The van der Waals surface area contributed by atoms with Crippen molar-refractivity contribution in [3.63, 3.8) is 0 Å². The summed E-state index contributed by atoms with van der Waals surface area (Å²) in [7, 11) is 0. The van der Waals surface area contributed by atoms with Crippen molar-refractivity contribution >= 4 is 5.82 Å². The molecule has 0 amide bonds. The largest absolute Gasteiger partial charge is 0.491 e. The van der Waals surface area contributed by atoms with Crippen LogP contribution in [0.5, 0.6) is 5.75 Å². The zero-order chi connectivity index (χ0) is 19.5. The van der Waals surface area contributed by atoms with E-state index in [4.69, 9.17) is 10.6 Å². The molecule has 8 nitrogen and oxygen atoms in total. The number of hydrogen-bond donors (Lipinski definition) is 5. The smallest absolute Gasteiger partial charge is 0.162 e. The van der Waals surface area contributed by atoms with Crippen LogP contribution in [0.25, 0.3) is 0 Å². The van der Waals surface area contributed by atoms with Crippen molar-refractivity contribution in [3.8, 4) is 5.75 Å². The van der Waals surface area contributed by atoms with Gasteiger partial charge in [-0.05, 0) is 50.6 Å². The van der Waals surface area contributed by atoms with Gasteiger partial charge in [0.15, 0.2) is 5.82 Å². The first-order valence-corrected chi connectivity index (χ1v) is 9.18. The van der Waals surface area contributed by atoms with Crippen LogP contribution in [0.4, 0.5) is 5.82 Å². The molecule has 2 atom stereocenters. The summed E-state index contributed by atoms with van der Waals surface area (Å²) in [5, 5.41) is 24.7. The van der Waals surface area contributed by atoms with Gasteiger partial charge < -0.3 is 25.9 Å². The summed E-state index contributed by atoms with van der Waals surface area (Å²) in [5.41, 5.74) is 4.37. The van der Waals surface area contributed by atoms with Gasteiger partial charge >= 0.3 is 0 Å². The second-order valence-corrected chi connectivity index (χ2v) is 6.56. The molecule has 148 valence electrons. The van der Waals surface area contributed by atoms with E-state index in [1.165, 1.54) is 0 Å². The Kier molecular flexibility index (Phi) is 8.93. The Bertz CT molecular complexity index is 668. The summed E-state index contributed by atoms with van der Waals surface area (Å²) >= 11 is 0. The molecule has 0 radical (unpaired) electrons. The Morgan fingerprint density at radius 2 is 2.00 bits per heavy atom. The number of aliphatic hydroxyl groups excluding tert-OH is 1. The summed E-state index contributed by atoms with van der Waals surface area (Å²) in [6.07, 6.45) is 0.381. The van der Waals surface area contributed by atoms with Crippen LogP contribution >= 0.6 is 0 Å². The minimum atomic E-state index is -0.551. The molecule has 0 fully saturated rings. The Hall–Kier alpha value is -2.26. The zero-order valence-electron chi connectivity index (χ0n) is 16.0. The van der Waals surface area contributed by atoms with Crippen molar-refractivity contribution < 1.29 is 9.84 Å². The fraction of sp³-hybridized carbons (Fsp3) is 0.474. The van der Waals surface area contributed by atoms with E-state index in [0.29, 0.717) is 18.9 Å². The molecule has 0 bridgehead atoms. The first-order valence-electron chi connectivity index (χ1n) is 9.18. The van der Waals surface area contributed by atoms with Crippen LogP contribution < -0.4 is 26.6 Å². The van der Waals surface area contributed by atoms with Gasteiger partial charge in [0.2, 0.25) is 0 Å². The van der Waals surface area contributed by atoms with Crippen molar-refractivity contribution in [2.45, 2.75) is 39.0 Å². The highest BCUT2D eigenvalue weighted by molar-refractivity contribution is 5.32. The first-order chi connectivity index (χ1) is 13.1. The molecule has 27 heavy (non-hydrogen) atoms. The molecule has 0 aliphatic heterocycles. The monoisotopic (exact) mass is 374 g/mol. The highest BCUT2D eigenvalue weighted by Gasteiger charge is 2.09. The minimum absolute atomic E-state index is 0.273. The van der Waals surface area contributed by atoms with Gasteiger partial charge in [-0.3, -0.25) is 0 Å². The Morgan fingerprint density at radius 1 is 1.19 bits per heavy atom. The minimum Gasteiger partial charge on any atom is -0.491 e. The standard InChI is InChI=1S/C19H30N6O2/c1-14-5-3-4-6-18(14)27-13-17(26)12-22-15(2)9-10-21-11-16-7-8-19(23-20)25-24-16/h3-8,15,17,21-22,26H,9-13,20H2,1-2H3,(H,23,25). The van der Waals surface area contributed by atoms with E-state index in [-0.39, 0.29) is 12.6 Å². The van der Waals surface area contributed by atoms with Crippen LogP contribution in [-0.2, 0) is 6.54 Å². The molecular formula is C19H30N6O2. The van der Waals surface area contributed by atoms with Gasteiger partial charge in [-0.2, -0.15) is 5.10 Å². The first kappa shape index (κ1) is 21.0. The summed E-state index contributed by atoms with van der Waals surface area (Å²) in [5.74, 6) is 6.61. The molecule has 6 N–H and O–H groups in total. The van der Waals surface area contributed by atoms with Crippen molar-refractivity contribution in [3.05, 3.63) is 47.7 Å². The molecule has 2 unspecified atom stereocenters. The number of aryl methyl sites for hydroxylation is 1. The Balaban J connectivity index is 1.55. The van der Waals surface area contributed by atoms with Crippen LogP contribution in [-0.4, -0.2) is 47.1 Å². The molecule has 2 aromatic rings. The maximum Gasteiger partial charge on any atom is 0.162 e. The molecule has 1 aromatic carbocycles. The molecule has 1 aromatic heterocycles. The number of benzene rings is 1. The van der Waals surface area contributed by atoms with Crippen molar-refractivity contribution in [1.29, 1.82) is 0 Å².